The number of benzene rings is 1. The molecule has 0 unspecified atom stereocenters. The molecule has 0 saturated heterocycles. The highest BCUT2D eigenvalue weighted by Gasteiger charge is 2.17. The number of methoxy groups -OCH3 is 1. The van der Waals surface area contributed by atoms with Crippen molar-refractivity contribution in [3.05, 3.63) is 27.6 Å². The van der Waals surface area contributed by atoms with Crippen LogP contribution < -0.4 is 4.74 Å². The number of hydrogen-bond donors (Lipinski definition) is 1. The Bertz CT molecular complexity index is 574. The molecule has 5 heteroatoms. The van der Waals surface area contributed by atoms with E-state index in [1.807, 2.05) is 19.1 Å². The number of carboxylic acid groups (broad SMARTS) is 1. The van der Waals surface area contributed by atoms with Gasteiger partial charge in [0.1, 0.15) is 10.6 Å². The highest BCUT2D eigenvalue weighted by Crippen LogP contribution is 2.38. The van der Waals surface area contributed by atoms with Gasteiger partial charge in [0.05, 0.1) is 12.1 Å². The predicted molar refractivity (Wildman–Crippen MR) is 65.1 cm³/mol. The number of carbonyl (C=O) groups is 1. The molecule has 1 N–H and O–H groups in total. The molecule has 1 heterocycles. The van der Waals surface area contributed by atoms with Crippen LogP contribution in [0.25, 0.3) is 10.1 Å². The lowest BCUT2D eigenvalue weighted by Crippen LogP contribution is -1.91. The second-order valence-electron chi connectivity index (χ2n) is 3.37. The van der Waals surface area contributed by atoms with Crippen molar-refractivity contribution in [1.82, 2.24) is 0 Å². The molecule has 1 aromatic carbocycles. The lowest BCUT2D eigenvalue weighted by atomic mass is 10.1. The summed E-state index contributed by atoms with van der Waals surface area (Å²) in [6.07, 6.45) is 0. The molecule has 3 nitrogen and oxygen atoms in total. The SMILES string of the molecule is COc1cc2sc(C(=O)O)c(Cl)c2cc1C. The number of aryl methyl sites for hydroxylation is 1. The summed E-state index contributed by atoms with van der Waals surface area (Å²) in [7, 11) is 1.58. The first-order chi connectivity index (χ1) is 7.54. The number of fused-ring (bicyclic) bond motifs is 1. The van der Waals surface area contributed by atoms with Crippen molar-refractivity contribution in [3.63, 3.8) is 0 Å². The highest BCUT2D eigenvalue weighted by molar-refractivity contribution is 7.21. The molecule has 84 valence electrons. The molecule has 0 radical (unpaired) electrons. The van der Waals surface area contributed by atoms with E-state index in [4.69, 9.17) is 21.4 Å². The van der Waals surface area contributed by atoms with E-state index in [-0.39, 0.29) is 4.88 Å². The molecule has 0 saturated carbocycles. The van der Waals surface area contributed by atoms with Crippen molar-refractivity contribution in [2.45, 2.75) is 6.92 Å². The summed E-state index contributed by atoms with van der Waals surface area (Å²) in [4.78, 5) is 11.1. The summed E-state index contributed by atoms with van der Waals surface area (Å²) < 4.78 is 6.00. The van der Waals surface area contributed by atoms with Gasteiger partial charge in [0, 0.05) is 10.1 Å². The van der Waals surface area contributed by atoms with E-state index in [0.29, 0.717) is 5.02 Å². The minimum atomic E-state index is -0.997. The standard InChI is InChI=1S/C11H9ClO3S/c1-5-3-6-8(4-7(5)15-2)16-10(9(6)12)11(13)14/h3-4H,1-2H3,(H,13,14). The van der Waals surface area contributed by atoms with Crippen LogP contribution in [0.15, 0.2) is 12.1 Å². The van der Waals surface area contributed by atoms with Crippen LogP contribution in [-0.2, 0) is 0 Å². The fraction of sp³-hybridized carbons (Fsp3) is 0.182. The Morgan fingerprint density at radius 1 is 1.50 bits per heavy atom. The predicted octanol–water partition coefficient (Wildman–Crippen LogP) is 3.57. The maximum absolute atomic E-state index is 10.9. The summed E-state index contributed by atoms with van der Waals surface area (Å²) >= 11 is 7.17. The number of carboxylic acids is 1. The Kier molecular flexibility index (Phi) is 2.78. The van der Waals surface area contributed by atoms with E-state index in [0.717, 1.165) is 32.7 Å². The van der Waals surface area contributed by atoms with Crippen LogP contribution in [0.5, 0.6) is 5.75 Å². The van der Waals surface area contributed by atoms with Gasteiger partial charge < -0.3 is 9.84 Å². The Balaban J connectivity index is 2.77. The number of thiophene rings is 1. The first kappa shape index (κ1) is 11.2. The van der Waals surface area contributed by atoms with Gasteiger partial charge in [0.15, 0.2) is 0 Å². The molecule has 0 aliphatic heterocycles. The van der Waals surface area contributed by atoms with Gasteiger partial charge in [-0.1, -0.05) is 11.6 Å². The average Bonchev–Trinajstić information content (AvgIpc) is 2.55. The van der Waals surface area contributed by atoms with Gasteiger partial charge in [-0.2, -0.15) is 0 Å². The molecule has 0 aliphatic carbocycles. The van der Waals surface area contributed by atoms with Gasteiger partial charge in [0.2, 0.25) is 0 Å². The molecule has 0 spiro atoms. The summed E-state index contributed by atoms with van der Waals surface area (Å²) in [6, 6.07) is 3.66. The maximum Gasteiger partial charge on any atom is 0.347 e. The van der Waals surface area contributed by atoms with E-state index >= 15 is 0 Å². The average molecular weight is 257 g/mol. The highest BCUT2D eigenvalue weighted by atomic mass is 35.5. The van der Waals surface area contributed by atoms with Gasteiger partial charge >= 0.3 is 5.97 Å². The van der Waals surface area contributed by atoms with Crippen LogP contribution >= 0.6 is 22.9 Å². The Hall–Kier alpha value is -1.26. The summed E-state index contributed by atoms with van der Waals surface area (Å²) in [5.41, 5.74) is 0.937. The molecule has 0 aliphatic rings. The fourth-order valence-corrected chi connectivity index (χ4v) is 2.91. The Morgan fingerprint density at radius 2 is 2.19 bits per heavy atom. The van der Waals surface area contributed by atoms with Gasteiger partial charge in [0.25, 0.3) is 0 Å². The van der Waals surface area contributed by atoms with Crippen LogP contribution in [-0.4, -0.2) is 18.2 Å². The molecule has 2 rings (SSSR count). The van der Waals surface area contributed by atoms with Crippen molar-refractivity contribution >= 4 is 39.0 Å². The van der Waals surface area contributed by atoms with E-state index in [1.54, 1.807) is 7.11 Å². The van der Waals surface area contributed by atoms with Gasteiger partial charge in [-0.25, -0.2) is 4.79 Å². The van der Waals surface area contributed by atoms with Crippen LogP contribution in [0.2, 0.25) is 5.02 Å². The third kappa shape index (κ3) is 1.64. The molecule has 0 amide bonds. The normalized spacial score (nSPS) is 10.7. The van der Waals surface area contributed by atoms with Gasteiger partial charge in [-0.15, -0.1) is 11.3 Å². The Morgan fingerprint density at radius 3 is 2.75 bits per heavy atom. The second-order valence-corrected chi connectivity index (χ2v) is 4.80. The largest absolute Gasteiger partial charge is 0.496 e. The Labute approximate surface area is 101 Å². The smallest absolute Gasteiger partial charge is 0.347 e. The van der Waals surface area contributed by atoms with Crippen LogP contribution in [0, 0.1) is 6.92 Å². The molecule has 1 aromatic heterocycles. The van der Waals surface area contributed by atoms with Crippen molar-refractivity contribution in [1.29, 1.82) is 0 Å². The quantitative estimate of drug-likeness (QED) is 0.894. The summed E-state index contributed by atoms with van der Waals surface area (Å²) in [6.45, 7) is 1.90. The number of rotatable bonds is 2. The molecular weight excluding hydrogens is 248 g/mol. The minimum Gasteiger partial charge on any atom is -0.496 e. The maximum atomic E-state index is 10.9. The first-order valence-electron chi connectivity index (χ1n) is 4.54. The third-order valence-corrected chi connectivity index (χ3v) is 3.98. The van der Waals surface area contributed by atoms with Gasteiger partial charge in [-0.3, -0.25) is 0 Å². The van der Waals surface area contributed by atoms with Crippen molar-refractivity contribution in [2.75, 3.05) is 7.11 Å². The molecule has 2 aromatic rings. The zero-order chi connectivity index (χ0) is 11.9. The molecule has 0 bridgehead atoms. The number of halogens is 1. The lowest BCUT2D eigenvalue weighted by Gasteiger charge is -2.03. The zero-order valence-electron chi connectivity index (χ0n) is 8.70. The van der Waals surface area contributed by atoms with Crippen LogP contribution in [0.1, 0.15) is 15.2 Å². The van der Waals surface area contributed by atoms with Crippen molar-refractivity contribution < 1.29 is 14.6 Å². The van der Waals surface area contributed by atoms with E-state index < -0.39 is 5.97 Å². The van der Waals surface area contributed by atoms with Crippen molar-refractivity contribution in [2.24, 2.45) is 0 Å². The summed E-state index contributed by atoms with van der Waals surface area (Å²) in [5.74, 6) is -0.259. The number of hydrogen-bond acceptors (Lipinski definition) is 3. The van der Waals surface area contributed by atoms with E-state index in [1.165, 1.54) is 0 Å². The lowest BCUT2D eigenvalue weighted by molar-refractivity contribution is 0.0702. The molecule has 0 atom stereocenters. The van der Waals surface area contributed by atoms with Gasteiger partial charge in [-0.05, 0) is 24.6 Å². The van der Waals surface area contributed by atoms with Crippen molar-refractivity contribution in [3.8, 4) is 5.75 Å². The van der Waals surface area contributed by atoms with E-state index in [2.05, 4.69) is 0 Å². The third-order valence-electron chi connectivity index (χ3n) is 2.34. The monoisotopic (exact) mass is 256 g/mol. The fourth-order valence-electron chi connectivity index (χ4n) is 1.56. The zero-order valence-corrected chi connectivity index (χ0v) is 10.3. The molecule has 0 fully saturated rings. The van der Waals surface area contributed by atoms with E-state index in [9.17, 15) is 4.79 Å². The molecular formula is C11H9ClO3S. The van der Waals surface area contributed by atoms with Crippen LogP contribution in [0.3, 0.4) is 0 Å². The molecule has 16 heavy (non-hydrogen) atoms. The minimum absolute atomic E-state index is 0.171. The first-order valence-corrected chi connectivity index (χ1v) is 5.74. The van der Waals surface area contributed by atoms with Crippen LogP contribution in [0.4, 0.5) is 0 Å². The topological polar surface area (TPSA) is 46.5 Å². The summed E-state index contributed by atoms with van der Waals surface area (Å²) in [5, 5.41) is 10.0. The number of aromatic carboxylic acids is 1. The second kappa shape index (κ2) is 3.96. The number of ether oxygens (including phenoxy) is 1.